The third kappa shape index (κ3) is 8.56. The Hall–Kier alpha value is -1.13. The smallest absolute Gasteiger partial charge is 0.308 e. The quantitative estimate of drug-likeness (QED) is 0.316. The molecule has 1 aromatic rings. The van der Waals surface area contributed by atoms with Gasteiger partial charge in [-0.3, -0.25) is 4.79 Å². The standard InChI is InChI=1S/C15H24O3Si/c1-19(2,3)12-11-17-13-18-15(16)10-9-14-7-5-4-6-8-14/h4-8H,9-13H2,1-3H3. The van der Waals surface area contributed by atoms with Gasteiger partial charge in [0.05, 0.1) is 0 Å². The van der Waals surface area contributed by atoms with Crippen molar-refractivity contribution in [1.29, 1.82) is 0 Å². The molecular weight excluding hydrogens is 256 g/mol. The molecule has 1 rings (SSSR count). The largest absolute Gasteiger partial charge is 0.438 e. The van der Waals surface area contributed by atoms with E-state index in [0.717, 1.165) is 11.6 Å². The molecule has 4 heteroatoms. The van der Waals surface area contributed by atoms with E-state index < -0.39 is 8.07 Å². The van der Waals surface area contributed by atoms with Crippen molar-refractivity contribution in [2.45, 2.75) is 38.5 Å². The number of esters is 1. The van der Waals surface area contributed by atoms with E-state index in [-0.39, 0.29) is 12.8 Å². The monoisotopic (exact) mass is 280 g/mol. The highest BCUT2D eigenvalue weighted by atomic mass is 28.3. The van der Waals surface area contributed by atoms with Gasteiger partial charge in [0.1, 0.15) is 0 Å². The van der Waals surface area contributed by atoms with Gasteiger partial charge >= 0.3 is 5.97 Å². The van der Waals surface area contributed by atoms with Gasteiger partial charge in [-0.2, -0.15) is 0 Å². The van der Waals surface area contributed by atoms with E-state index in [9.17, 15) is 4.79 Å². The Morgan fingerprint density at radius 1 is 1.16 bits per heavy atom. The van der Waals surface area contributed by atoms with Gasteiger partial charge in [0.25, 0.3) is 0 Å². The van der Waals surface area contributed by atoms with Crippen LogP contribution < -0.4 is 0 Å². The van der Waals surface area contributed by atoms with Gasteiger partial charge in [0.2, 0.25) is 0 Å². The molecule has 0 N–H and O–H groups in total. The second-order valence-electron chi connectivity index (χ2n) is 5.84. The molecule has 0 heterocycles. The number of benzene rings is 1. The van der Waals surface area contributed by atoms with E-state index >= 15 is 0 Å². The van der Waals surface area contributed by atoms with Crippen molar-refractivity contribution < 1.29 is 14.3 Å². The average Bonchev–Trinajstić information content (AvgIpc) is 2.36. The lowest BCUT2D eigenvalue weighted by atomic mass is 10.1. The number of ether oxygens (including phenoxy) is 2. The maximum Gasteiger partial charge on any atom is 0.308 e. The summed E-state index contributed by atoms with van der Waals surface area (Å²) in [6.45, 7) is 7.65. The topological polar surface area (TPSA) is 35.5 Å². The predicted octanol–water partition coefficient (Wildman–Crippen LogP) is 3.47. The predicted molar refractivity (Wildman–Crippen MR) is 79.8 cm³/mol. The molecule has 19 heavy (non-hydrogen) atoms. The van der Waals surface area contributed by atoms with Gasteiger partial charge in [-0.1, -0.05) is 50.0 Å². The van der Waals surface area contributed by atoms with Gasteiger partial charge in [-0.05, 0) is 18.0 Å². The van der Waals surface area contributed by atoms with Gasteiger partial charge in [0, 0.05) is 21.1 Å². The second-order valence-corrected chi connectivity index (χ2v) is 11.5. The second kappa shape index (κ2) is 8.12. The van der Waals surface area contributed by atoms with E-state index in [1.54, 1.807) is 0 Å². The van der Waals surface area contributed by atoms with Gasteiger partial charge in [-0.15, -0.1) is 0 Å². The number of hydrogen-bond donors (Lipinski definition) is 0. The van der Waals surface area contributed by atoms with Crippen LogP contribution in [0.3, 0.4) is 0 Å². The Labute approximate surface area is 116 Å². The molecule has 0 amide bonds. The van der Waals surface area contributed by atoms with E-state index in [2.05, 4.69) is 19.6 Å². The molecule has 0 saturated heterocycles. The van der Waals surface area contributed by atoms with Crippen LogP contribution in [-0.2, 0) is 20.7 Å². The van der Waals surface area contributed by atoms with Crippen LogP contribution >= 0.6 is 0 Å². The summed E-state index contributed by atoms with van der Waals surface area (Å²) in [6, 6.07) is 11.0. The average molecular weight is 280 g/mol. The lowest BCUT2D eigenvalue weighted by Crippen LogP contribution is -2.22. The number of aryl methyl sites for hydroxylation is 1. The van der Waals surface area contributed by atoms with Crippen molar-refractivity contribution in [3.8, 4) is 0 Å². The number of carbonyl (C=O) groups excluding carboxylic acids is 1. The summed E-state index contributed by atoms with van der Waals surface area (Å²) in [5.41, 5.74) is 1.15. The molecule has 0 bridgehead atoms. The van der Waals surface area contributed by atoms with Crippen LogP contribution in [0.1, 0.15) is 12.0 Å². The minimum atomic E-state index is -1.06. The zero-order chi connectivity index (χ0) is 14.1. The molecule has 0 aliphatic carbocycles. The van der Waals surface area contributed by atoms with E-state index in [4.69, 9.17) is 9.47 Å². The Morgan fingerprint density at radius 3 is 2.47 bits per heavy atom. The molecule has 0 atom stereocenters. The fraction of sp³-hybridized carbons (Fsp3) is 0.533. The Balaban J connectivity index is 2.06. The van der Waals surface area contributed by atoms with Crippen LogP contribution in [0.2, 0.25) is 25.7 Å². The van der Waals surface area contributed by atoms with Crippen LogP contribution in [0.4, 0.5) is 0 Å². The number of carbonyl (C=O) groups is 1. The molecule has 0 saturated carbocycles. The van der Waals surface area contributed by atoms with Gasteiger partial charge in [0.15, 0.2) is 6.79 Å². The molecule has 0 radical (unpaired) electrons. The minimum Gasteiger partial charge on any atom is -0.438 e. The molecule has 106 valence electrons. The molecule has 0 spiro atoms. The van der Waals surface area contributed by atoms with Crippen molar-refractivity contribution in [2.75, 3.05) is 13.4 Å². The fourth-order valence-electron chi connectivity index (χ4n) is 1.51. The molecule has 0 aromatic heterocycles. The highest BCUT2D eigenvalue weighted by Gasteiger charge is 2.12. The van der Waals surface area contributed by atoms with E-state index in [1.165, 1.54) is 0 Å². The summed E-state index contributed by atoms with van der Waals surface area (Å²) in [7, 11) is -1.06. The van der Waals surface area contributed by atoms with Crippen molar-refractivity contribution in [3.05, 3.63) is 35.9 Å². The van der Waals surface area contributed by atoms with Crippen molar-refractivity contribution >= 4 is 14.0 Å². The third-order valence-electron chi connectivity index (χ3n) is 2.76. The summed E-state index contributed by atoms with van der Waals surface area (Å²) in [5, 5.41) is 0. The minimum absolute atomic E-state index is 0.0815. The van der Waals surface area contributed by atoms with Crippen molar-refractivity contribution in [3.63, 3.8) is 0 Å². The molecule has 0 unspecified atom stereocenters. The van der Waals surface area contributed by atoms with Crippen LogP contribution in [-0.4, -0.2) is 27.4 Å². The zero-order valence-corrected chi connectivity index (χ0v) is 13.1. The maximum absolute atomic E-state index is 11.5. The summed E-state index contributed by atoms with van der Waals surface area (Å²) in [4.78, 5) is 11.5. The number of rotatable bonds is 8. The lowest BCUT2D eigenvalue weighted by Gasteiger charge is -2.15. The summed E-state index contributed by atoms with van der Waals surface area (Å²) < 4.78 is 10.4. The van der Waals surface area contributed by atoms with Crippen LogP contribution in [0.15, 0.2) is 30.3 Å². The van der Waals surface area contributed by atoms with Crippen LogP contribution in [0, 0.1) is 0 Å². The molecule has 0 fully saturated rings. The van der Waals surface area contributed by atoms with Crippen LogP contribution in [0.25, 0.3) is 0 Å². The van der Waals surface area contributed by atoms with Crippen LogP contribution in [0.5, 0.6) is 0 Å². The Kier molecular flexibility index (Phi) is 6.81. The summed E-state index contributed by atoms with van der Waals surface area (Å²) in [6.07, 6.45) is 1.12. The molecule has 3 nitrogen and oxygen atoms in total. The number of hydrogen-bond acceptors (Lipinski definition) is 3. The van der Waals surface area contributed by atoms with Crippen molar-refractivity contribution in [1.82, 2.24) is 0 Å². The third-order valence-corrected chi connectivity index (χ3v) is 4.46. The normalized spacial score (nSPS) is 11.3. The summed E-state index contributed by atoms with van der Waals surface area (Å²) >= 11 is 0. The molecule has 1 aromatic carbocycles. The maximum atomic E-state index is 11.5. The lowest BCUT2D eigenvalue weighted by molar-refractivity contribution is -0.155. The first kappa shape index (κ1) is 15.9. The van der Waals surface area contributed by atoms with Gasteiger partial charge in [-0.25, -0.2) is 0 Å². The highest BCUT2D eigenvalue weighted by Crippen LogP contribution is 2.07. The van der Waals surface area contributed by atoms with E-state index in [0.29, 0.717) is 19.4 Å². The Bertz CT molecular complexity index is 371. The van der Waals surface area contributed by atoms with E-state index in [1.807, 2.05) is 30.3 Å². The molecular formula is C15H24O3Si. The molecule has 0 aliphatic heterocycles. The first-order chi connectivity index (χ1) is 8.97. The Morgan fingerprint density at radius 2 is 1.84 bits per heavy atom. The zero-order valence-electron chi connectivity index (χ0n) is 12.1. The fourth-order valence-corrected chi connectivity index (χ4v) is 2.26. The first-order valence-corrected chi connectivity index (χ1v) is 10.5. The highest BCUT2D eigenvalue weighted by molar-refractivity contribution is 6.76. The summed E-state index contributed by atoms with van der Waals surface area (Å²) in [5.74, 6) is -0.197. The first-order valence-electron chi connectivity index (χ1n) is 6.75. The molecule has 0 aliphatic rings. The van der Waals surface area contributed by atoms with Crippen molar-refractivity contribution in [2.24, 2.45) is 0 Å². The van der Waals surface area contributed by atoms with Gasteiger partial charge < -0.3 is 9.47 Å². The SMILES string of the molecule is C[Si](C)(C)CCOCOC(=O)CCc1ccccc1.